The van der Waals surface area contributed by atoms with Crippen LogP contribution in [-0.4, -0.2) is 18.9 Å². The van der Waals surface area contributed by atoms with E-state index in [0.29, 0.717) is 22.7 Å². The first-order valence-corrected chi connectivity index (χ1v) is 6.25. The molecule has 6 heteroatoms. The summed E-state index contributed by atoms with van der Waals surface area (Å²) in [5.74, 6) is -0.537. The molecule has 106 valence electrons. The first-order chi connectivity index (χ1) is 10.0. The van der Waals surface area contributed by atoms with E-state index in [-0.39, 0.29) is 11.3 Å². The Hall–Kier alpha value is -3.02. The lowest BCUT2D eigenvalue weighted by Crippen LogP contribution is -2.29. The molecule has 1 aliphatic rings. The van der Waals surface area contributed by atoms with Gasteiger partial charge in [-0.25, -0.2) is 4.90 Å². The van der Waals surface area contributed by atoms with E-state index in [1.54, 1.807) is 36.4 Å². The summed E-state index contributed by atoms with van der Waals surface area (Å²) < 4.78 is 5.21. The molecule has 0 aliphatic carbocycles. The summed E-state index contributed by atoms with van der Waals surface area (Å²) in [7, 11) is 1.45. The molecule has 0 bridgehead atoms. The second-order valence-corrected chi connectivity index (χ2v) is 4.65. The average molecular weight is 283 g/mol. The van der Waals surface area contributed by atoms with Gasteiger partial charge in [0.05, 0.1) is 23.9 Å². The van der Waals surface area contributed by atoms with Gasteiger partial charge < -0.3 is 16.2 Å². The van der Waals surface area contributed by atoms with E-state index in [4.69, 9.17) is 16.2 Å². The molecule has 0 fully saturated rings. The molecule has 2 amide bonds. The third kappa shape index (κ3) is 1.80. The molecular formula is C15H13N3O3. The van der Waals surface area contributed by atoms with Gasteiger partial charge in [0.2, 0.25) is 0 Å². The predicted molar refractivity (Wildman–Crippen MR) is 79.4 cm³/mol. The molecule has 21 heavy (non-hydrogen) atoms. The van der Waals surface area contributed by atoms with Gasteiger partial charge in [-0.15, -0.1) is 0 Å². The Morgan fingerprint density at radius 3 is 2.48 bits per heavy atom. The summed E-state index contributed by atoms with van der Waals surface area (Å²) in [6.45, 7) is 0. The third-order valence-corrected chi connectivity index (χ3v) is 3.39. The van der Waals surface area contributed by atoms with E-state index in [2.05, 4.69) is 0 Å². The molecule has 0 atom stereocenters. The molecule has 3 rings (SSSR count). The number of amides is 2. The summed E-state index contributed by atoms with van der Waals surface area (Å²) >= 11 is 0. The number of nitrogen functional groups attached to an aromatic ring is 2. The largest absolute Gasteiger partial charge is 0.494 e. The molecule has 2 aromatic rings. The second kappa shape index (κ2) is 4.52. The van der Waals surface area contributed by atoms with Crippen molar-refractivity contribution in [2.45, 2.75) is 0 Å². The lowest BCUT2D eigenvalue weighted by atomic mass is 10.1. The molecule has 0 spiro atoms. The van der Waals surface area contributed by atoms with Crippen LogP contribution in [0.15, 0.2) is 36.4 Å². The van der Waals surface area contributed by atoms with Gasteiger partial charge in [-0.05, 0) is 24.3 Å². The lowest BCUT2D eigenvalue weighted by Gasteiger charge is -2.17. The molecule has 6 nitrogen and oxygen atoms in total. The number of nitrogens with zero attached hydrogens (tertiary/aromatic N) is 1. The van der Waals surface area contributed by atoms with Crippen molar-refractivity contribution in [2.75, 3.05) is 23.5 Å². The molecule has 1 aliphatic heterocycles. The van der Waals surface area contributed by atoms with Crippen LogP contribution in [0.3, 0.4) is 0 Å². The van der Waals surface area contributed by atoms with Crippen molar-refractivity contribution in [3.63, 3.8) is 0 Å². The molecule has 0 radical (unpaired) electrons. The maximum Gasteiger partial charge on any atom is 0.268 e. The van der Waals surface area contributed by atoms with E-state index in [1.807, 2.05) is 0 Å². The Morgan fingerprint density at radius 1 is 1.05 bits per heavy atom. The normalized spacial score (nSPS) is 13.5. The van der Waals surface area contributed by atoms with Crippen LogP contribution in [-0.2, 0) is 0 Å². The van der Waals surface area contributed by atoms with Crippen LogP contribution in [0.25, 0.3) is 0 Å². The van der Waals surface area contributed by atoms with Crippen molar-refractivity contribution in [3.05, 3.63) is 47.5 Å². The third-order valence-electron chi connectivity index (χ3n) is 3.39. The first kappa shape index (κ1) is 13.0. The van der Waals surface area contributed by atoms with Crippen LogP contribution < -0.4 is 21.1 Å². The molecule has 2 aromatic carbocycles. The highest BCUT2D eigenvalue weighted by Crippen LogP contribution is 2.37. The molecule has 0 aromatic heterocycles. The maximum atomic E-state index is 12.5. The monoisotopic (exact) mass is 283 g/mol. The van der Waals surface area contributed by atoms with Crippen LogP contribution in [0.5, 0.6) is 5.75 Å². The molecule has 4 N–H and O–H groups in total. The zero-order valence-corrected chi connectivity index (χ0v) is 11.3. The van der Waals surface area contributed by atoms with Gasteiger partial charge >= 0.3 is 0 Å². The summed E-state index contributed by atoms with van der Waals surface area (Å²) in [5, 5.41) is 0. The van der Waals surface area contributed by atoms with Crippen molar-refractivity contribution in [3.8, 4) is 5.75 Å². The molecule has 0 saturated heterocycles. The fourth-order valence-electron chi connectivity index (χ4n) is 2.41. The number of carbonyl (C=O) groups is 2. The fraction of sp³-hybridized carbons (Fsp3) is 0.0667. The van der Waals surface area contributed by atoms with Gasteiger partial charge in [-0.2, -0.15) is 0 Å². The number of carbonyl (C=O) groups excluding carboxylic acids is 2. The highest BCUT2D eigenvalue weighted by Gasteiger charge is 2.39. The van der Waals surface area contributed by atoms with Crippen molar-refractivity contribution in [1.29, 1.82) is 0 Å². The standard InChI is InChI=1S/C15H13N3O3/c1-21-12-7-8(16)5-6-11(12)18-14(19)9-3-2-4-10(17)13(9)15(18)20/h2-7H,16-17H2,1H3. The second-order valence-electron chi connectivity index (χ2n) is 4.65. The van der Waals surface area contributed by atoms with Crippen LogP contribution >= 0.6 is 0 Å². The van der Waals surface area contributed by atoms with Crippen LogP contribution in [0.4, 0.5) is 17.1 Å². The predicted octanol–water partition coefficient (Wildman–Crippen LogP) is 1.66. The minimum absolute atomic E-state index is 0.223. The van der Waals surface area contributed by atoms with Gasteiger partial charge in [0, 0.05) is 17.4 Å². The number of rotatable bonds is 2. The average Bonchev–Trinajstić information content (AvgIpc) is 2.72. The topological polar surface area (TPSA) is 98.7 Å². The summed E-state index contributed by atoms with van der Waals surface area (Å²) in [6, 6.07) is 9.55. The van der Waals surface area contributed by atoms with Crippen molar-refractivity contribution < 1.29 is 14.3 Å². The van der Waals surface area contributed by atoms with E-state index in [9.17, 15) is 9.59 Å². The van der Waals surface area contributed by atoms with Crippen LogP contribution in [0.2, 0.25) is 0 Å². The number of ether oxygens (including phenoxy) is 1. The highest BCUT2D eigenvalue weighted by atomic mass is 16.5. The number of nitrogens with two attached hydrogens (primary N) is 2. The number of anilines is 3. The highest BCUT2D eigenvalue weighted by molar-refractivity contribution is 6.36. The Morgan fingerprint density at radius 2 is 1.81 bits per heavy atom. The van der Waals surface area contributed by atoms with E-state index < -0.39 is 11.8 Å². The van der Waals surface area contributed by atoms with Gasteiger partial charge in [0.25, 0.3) is 11.8 Å². The number of fused-ring (bicyclic) bond motifs is 1. The van der Waals surface area contributed by atoms with Crippen molar-refractivity contribution in [2.24, 2.45) is 0 Å². The maximum absolute atomic E-state index is 12.5. The van der Waals surface area contributed by atoms with Crippen molar-refractivity contribution >= 4 is 28.9 Å². The number of imide groups is 1. The van der Waals surface area contributed by atoms with E-state index >= 15 is 0 Å². The van der Waals surface area contributed by atoms with Crippen molar-refractivity contribution in [1.82, 2.24) is 0 Å². The Kier molecular flexibility index (Phi) is 2.79. The number of hydrogen-bond acceptors (Lipinski definition) is 5. The van der Waals surface area contributed by atoms with Gasteiger partial charge in [-0.1, -0.05) is 6.07 Å². The summed E-state index contributed by atoms with van der Waals surface area (Å²) in [5.41, 5.74) is 13.1. The van der Waals surface area contributed by atoms with Gasteiger partial charge in [0.15, 0.2) is 0 Å². The lowest BCUT2D eigenvalue weighted by molar-refractivity contribution is 0.0925. The van der Waals surface area contributed by atoms with Gasteiger partial charge in [0.1, 0.15) is 5.75 Å². The zero-order valence-electron chi connectivity index (χ0n) is 11.3. The molecule has 0 saturated carbocycles. The van der Waals surface area contributed by atoms with E-state index in [0.717, 1.165) is 4.90 Å². The Labute approximate surface area is 120 Å². The minimum atomic E-state index is -0.462. The summed E-state index contributed by atoms with van der Waals surface area (Å²) in [6.07, 6.45) is 0. The Bertz CT molecular complexity index is 771. The zero-order chi connectivity index (χ0) is 15.1. The minimum Gasteiger partial charge on any atom is -0.494 e. The van der Waals surface area contributed by atoms with E-state index in [1.165, 1.54) is 7.11 Å². The quantitative estimate of drug-likeness (QED) is 0.645. The van der Waals surface area contributed by atoms with Gasteiger partial charge in [-0.3, -0.25) is 9.59 Å². The molecule has 0 unspecified atom stereocenters. The Balaban J connectivity index is 2.17. The summed E-state index contributed by atoms with van der Waals surface area (Å²) in [4.78, 5) is 26.1. The number of hydrogen-bond donors (Lipinski definition) is 2. The number of methoxy groups -OCH3 is 1. The SMILES string of the molecule is COc1cc(N)ccc1N1C(=O)c2cccc(N)c2C1=O. The first-order valence-electron chi connectivity index (χ1n) is 6.25. The fourth-order valence-corrected chi connectivity index (χ4v) is 2.41. The number of benzene rings is 2. The smallest absolute Gasteiger partial charge is 0.268 e. The molecular weight excluding hydrogens is 270 g/mol. The molecule has 1 heterocycles. The van der Waals surface area contributed by atoms with Crippen LogP contribution in [0.1, 0.15) is 20.7 Å². The van der Waals surface area contributed by atoms with Crippen LogP contribution in [0, 0.1) is 0 Å².